The summed E-state index contributed by atoms with van der Waals surface area (Å²) in [6.07, 6.45) is 7.28. The van der Waals surface area contributed by atoms with Crippen molar-refractivity contribution in [3.63, 3.8) is 0 Å². The van der Waals surface area contributed by atoms with Gasteiger partial charge in [-0.1, -0.05) is 0 Å². The molecule has 0 aliphatic heterocycles. The lowest BCUT2D eigenvalue weighted by Gasteiger charge is -2.28. The maximum atomic E-state index is 6.58. The first-order valence-electron chi connectivity index (χ1n) is 4.86. The highest BCUT2D eigenvalue weighted by atomic mass is 35.5. The van der Waals surface area contributed by atoms with Crippen LogP contribution in [0.15, 0.2) is 24.8 Å². The zero-order valence-electron chi connectivity index (χ0n) is 9.05. The molecule has 0 bridgehead atoms. The lowest BCUT2D eigenvalue weighted by Crippen LogP contribution is -2.58. The largest absolute Gasteiger partial charge is 0.372 e. The van der Waals surface area contributed by atoms with E-state index in [4.69, 9.17) is 11.5 Å². The molecule has 80 valence electrons. The van der Waals surface area contributed by atoms with Crippen molar-refractivity contribution in [1.29, 1.82) is 0 Å². The topological polar surface area (TPSA) is 35.6 Å². The molecule has 15 heavy (non-hydrogen) atoms. The minimum Gasteiger partial charge on any atom is -0.372 e. The van der Waals surface area contributed by atoms with Gasteiger partial charge in [0.1, 0.15) is 0 Å². The summed E-state index contributed by atoms with van der Waals surface area (Å²) in [5, 5.41) is 0. The summed E-state index contributed by atoms with van der Waals surface area (Å²) in [6.45, 7) is 1.96. The molecule has 0 saturated heterocycles. The predicted molar refractivity (Wildman–Crippen MR) is 63.2 cm³/mol. The Morgan fingerprint density at radius 1 is 1.07 bits per heavy atom. The van der Waals surface area contributed by atoms with Gasteiger partial charge in [0.25, 0.3) is 0 Å². The van der Waals surface area contributed by atoms with E-state index in [2.05, 4.69) is 9.97 Å². The maximum absolute atomic E-state index is 6.58. The molecule has 2 rings (SSSR count). The molecule has 2 aromatic rings. The molecule has 0 spiro atoms. The maximum Gasteiger partial charge on any atom is 0.211 e. The second kappa shape index (κ2) is 3.41. The molecule has 0 N–H and O–H groups in total. The molecule has 0 radical (unpaired) electrons. The smallest absolute Gasteiger partial charge is 0.211 e. The van der Waals surface area contributed by atoms with Gasteiger partial charge in [-0.15, -0.1) is 0 Å². The molecule has 0 aliphatic carbocycles. The highest BCUT2D eigenvalue weighted by Crippen LogP contribution is 2.06. The summed E-state index contributed by atoms with van der Waals surface area (Å²) in [6, 6.07) is 0. The second-order valence-electron chi connectivity index (χ2n) is 3.95. The fourth-order valence-corrected chi connectivity index (χ4v) is 2.34. The number of aromatic nitrogens is 4. The standard InChI is InChI=1S/C9H13BClN4/c1-10(11,8-12-4-6-14(8)2)9-13-5-7-15(9)3/h4-7H,1-3H3/q-1. The first-order valence-corrected chi connectivity index (χ1v) is 5.30. The monoisotopic (exact) mass is 223 g/mol. The predicted octanol–water partition coefficient (Wildman–Crippen LogP) is 0.0819. The first kappa shape index (κ1) is 10.3. The quantitative estimate of drug-likeness (QED) is 0.676. The molecule has 0 saturated carbocycles. The summed E-state index contributed by atoms with van der Waals surface area (Å²) in [4.78, 5) is 8.58. The third kappa shape index (κ3) is 1.57. The molecule has 0 amide bonds. The van der Waals surface area contributed by atoms with Gasteiger partial charge >= 0.3 is 0 Å². The number of nitrogens with zero attached hydrogens (tertiary/aromatic N) is 4. The highest BCUT2D eigenvalue weighted by Gasteiger charge is 2.27. The van der Waals surface area contributed by atoms with E-state index in [1.165, 1.54) is 0 Å². The van der Waals surface area contributed by atoms with Crippen LogP contribution in [0, 0.1) is 0 Å². The van der Waals surface area contributed by atoms with Crippen molar-refractivity contribution in [2.75, 3.05) is 0 Å². The number of rotatable bonds is 2. The molecular formula is C9H13BClN4-. The Morgan fingerprint density at radius 2 is 1.47 bits per heavy atom. The summed E-state index contributed by atoms with van der Waals surface area (Å²) < 4.78 is 3.86. The number of imidazole rings is 2. The lowest BCUT2D eigenvalue weighted by atomic mass is 9.48. The van der Waals surface area contributed by atoms with E-state index >= 15 is 0 Å². The molecule has 6 heteroatoms. The van der Waals surface area contributed by atoms with E-state index in [-0.39, 0.29) is 0 Å². The van der Waals surface area contributed by atoms with E-state index in [0.717, 1.165) is 11.4 Å². The van der Waals surface area contributed by atoms with Crippen molar-refractivity contribution in [1.82, 2.24) is 19.1 Å². The molecule has 0 atom stereocenters. The summed E-state index contributed by atoms with van der Waals surface area (Å²) in [5.41, 5.74) is 0.303. The second-order valence-corrected chi connectivity index (χ2v) is 4.82. The molecular weight excluding hydrogens is 210 g/mol. The van der Waals surface area contributed by atoms with Crippen molar-refractivity contribution in [2.24, 2.45) is 14.1 Å². The zero-order chi connectivity index (χ0) is 11.1. The molecule has 0 aromatic carbocycles. The van der Waals surface area contributed by atoms with E-state index < -0.39 is 5.56 Å². The van der Waals surface area contributed by atoms with E-state index in [1.54, 1.807) is 12.4 Å². The summed E-state index contributed by atoms with van der Waals surface area (Å²) in [5.74, 6) is 0. The van der Waals surface area contributed by atoms with Gasteiger partial charge in [-0.25, -0.2) is 0 Å². The molecule has 2 heterocycles. The number of hydrogen-bond donors (Lipinski definition) is 0. The van der Waals surface area contributed by atoms with Crippen molar-refractivity contribution in [3.05, 3.63) is 24.8 Å². The lowest BCUT2D eigenvalue weighted by molar-refractivity contribution is 0.931. The van der Waals surface area contributed by atoms with Crippen molar-refractivity contribution in [2.45, 2.75) is 6.82 Å². The van der Waals surface area contributed by atoms with Gasteiger partial charge < -0.3 is 20.6 Å². The van der Waals surface area contributed by atoms with Gasteiger partial charge in [0.15, 0.2) is 0 Å². The third-order valence-electron chi connectivity index (χ3n) is 2.69. The number of hydrogen-bond acceptors (Lipinski definition) is 2. The van der Waals surface area contributed by atoms with E-state index in [0.29, 0.717) is 0 Å². The van der Waals surface area contributed by atoms with Gasteiger partial charge in [0, 0.05) is 38.9 Å². The Balaban J connectivity index is 2.53. The van der Waals surface area contributed by atoms with Crippen LogP contribution in [0.25, 0.3) is 0 Å². The Labute approximate surface area is 93.7 Å². The van der Waals surface area contributed by atoms with Crippen LogP contribution in [-0.2, 0) is 14.1 Å². The fraction of sp³-hybridized carbons (Fsp3) is 0.333. The van der Waals surface area contributed by atoms with Gasteiger partial charge in [-0.2, -0.15) is 6.82 Å². The van der Waals surface area contributed by atoms with Crippen molar-refractivity contribution >= 4 is 28.5 Å². The fourth-order valence-electron chi connectivity index (χ4n) is 1.91. The highest BCUT2D eigenvalue weighted by molar-refractivity contribution is 7.32. The first-order chi connectivity index (χ1) is 7.03. The van der Waals surface area contributed by atoms with Crippen LogP contribution < -0.4 is 11.4 Å². The van der Waals surface area contributed by atoms with E-state index in [1.807, 2.05) is 42.4 Å². The van der Waals surface area contributed by atoms with E-state index in [9.17, 15) is 0 Å². The molecule has 0 fully saturated rings. The van der Waals surface area contributed by atoms with Gasteiger partial charge in [-0.05, 0) is 11.4 Å². The van der Waals surface area contributed by atoms with Crippen LogP contribution in [-0.4, -0.2) is 24.7 Å². The van der Waals surface area contributed by atoms with Crippen LogP contribution in [0.5, 0.6) is 0 Å². The Morgan fingerprint density at radius 3 is 1.73 bits per heavy atom. The average Bonchev–Trinajstić information content (AvgIpc) is 2.73. The molecule has 2 aromatic heterocycles. The molecule has 0 unspecified atom stereocenters. The van der Waals surface area contributed by atoms with Crippen LogP contribution in [0.1, 0.15) is 0 Å². The Bertz CT molecular complexity index is 432. The Kier molecular flexibility index (Phi) is 2.34. The van der Waals surface area contributed by atoms with Crippen LogP contribution >= 0.6 is 11.5 Å². The SMILES string of the molecule is Cn1ccnc1[B-](C)(Cl)c1nccn1C. The van der Waals surface area contributed by atoms with Gasteiger partial charge in [-0.3, -0.25) is 9.97 Å². The normalized spacial score (nSPS) is 12.0. The third-order valence-corrected chi connectivity index (χ3v) is 3.08. The Hall–Kier alpha value is -1.23. The van der Waals surface area contributed by atoms with Gasteiger partial charge in [0.2, 0.25) is 5.56 Å². The number of halogens is 1. The van der Waals surface area contributed by atoms with Crippen LogP contribution in [0.2, 0.25) is 6.82 Å². The van der Waals surface area contributed by atoms with Crippen LogP contribution in [0.4, 0.5) is 0 Å². The summed E-state index contributed by atoms with van der Waals surface area (Å²) in [7, 11) is 3.88. The minimum atomic E-state index is -1.40. The summed E-state index contributed by atoms with van der Waals surface area (Å²) >= 11 is 6.58. The van der Waals surface area contributed by atoms with Crippen molar-refractivity contribution < 1.29 is 0 Å². The van der Waals surface area contributed by atoms with Gasteiger partial charge in [0.05, 0.1) is 0 Å². The molecule has 4 nitrogen and oxygen atoms in total. The number of aryl methyl sites for hydroxylation is 2. The molecule has 0 aliphatic rings. The van der Waals surface area contributed by atoms with Crippen molar-refractivity contribution in [3.8, 4) is 0 Å². The van der Waals surface area contributed by atoms with Crippen LogP contribution in [0.3, 0.4) is 0 Å². The zero-order valence-corrected chi connectivity index (χ0v) is 9.81. The minimum absolute atomic E-state index is 0.853. The average molecular weight is 223 g/mol.